The molecule has 0 unspecified atom stereocenters. The van der Waals surface area contributed by atoms with Crippen LogP contribution in [-0.2, 0) is 21.1 Å². The maximum atomic E-state index is 13.6. The van der Waals surface area contributed by atoms with Crippen molar-refractivity contribution in [3.05, 3.63) is 66.2 Å². The molecule has 1 saturated heterocycles. The van der Waals surface area contributed by atoms with E-state index in [0.717, 1.165) is 28.1 Å². The smallest absolute Gasteiger partial charge is 0.228 e. The lowest BCUT2D eigenvalue weighted by molar-refractivity contribution is -0.115. The van der Waals surface area contributed by atoms with Crippen molar-refractivity contribution in [3.8, 4) is 22.5 Å². The molecule has 6 rings (SSSR count). The van der Waals surface area contributed by atoms with Crippen LogP contribution in [0.3, 0.4) is 0 Å². The van der Waals surface area contributed by atoms with E-state index in [1.54, 1.807) is 24.5 Å². The van der Waals surface area contributed by atoms with Gasteiger partial charge in [-0.2, -0.15) is 0 Å². The molecule has 34 heavy (non-hydrogen) atoms. The van der Waals surface area contributed by atoms with Gasteiger partial charge in [0.25, 0.3) is 0 Å². The molecule has 4 heterocycles. The normalized spacial score (nSPS) is 15.9. The van der Waals surface area contributed by atoms with E-state index in [2.05, 4.69) is 10.3 Å². The number of halogens is 1. The minimum atomic E-state index is -3.13. The van der Waals surface area contributed by atoms with Crippen LogP contribution in [0.15, 0.2) is 54.9 Å². The maximum Gasteiger partial charge on any atom is 0.228 e. The minimum absolute atomic E-state index is 0.0475. The molecule has 1 fully saturated rings. The maximum absolute atomic E-state index is 13.6. The van der Waals surface area contributed by atoms with E-state index in [0.29, 0.717) is 36.7 Å². The van der Waals surface area contributed by atoms with Crippen molar-refractivity contribution in [2.45, 2.75) is 11.7 Å². The number of rotatable bonds is 4. The first kappa shape index (κ1) is 20.8. The van der Waals surface area contributed by atoms with Crippen LogP contribution < -0.4 is 10.2 Å². The predicted molar refractivity (Wildman–Crippen MR) is 127 cm³/mol. The van der Waals surface area contributed by atoms with Gasteiger partial charge in [-0.05, 0) is 42.0 Å². The van der Waals surface area contributed by atoms with Gasteiger partial charge in [-0.15, -0.1) is 0 Å². The van der Waals surface area contributed by atoms with E-state index < -0.39 is 15.1 Å². The van der Waals surface area contributed by atoms with E-state index in [4.69, 9.17) is 4.98 Å². The summed E-state index contributed by atoms with van der Waals surface area (Å²) in [5, 5.41) is 2.42. The molecule has 10 heteroatoms. The van der Waals surface area contributed by atoms with Crippen LogP contribution in [0.2, 0.25) is 0 Å². The first-order valence-electron chi connectivity index (χ1n) is 10.8. The number of aromatic nitrogens is 3. The second-order valence-electron chi connectivity index (χ2n) is 8.71. The highest BCUT2D eigenvalue weighted by molar-refractivity contribution is 7.91. The van der Waals surface area contributed by atoms with Crippen molar-refractivity contribution >= 4 is 32.9 Å². The predicted octanol–water partition coefficient (Wildman–Crippen LogP) is 2.93. The Hall–Kier alpha value is -3.79. The van der Waals surface area contributed by atoms with Crippen LogP contribution in [0.4, 0.5) is 15.9 Å². The molecule has 0 saturated carbocycles. The number of nitrogens with one attached hydrogen (secondary N) is 1. The number of anilines is 2. The fraction of sp³-hybridized carbons (Fsp3) is 0.208. The van der Waals surface area contributed by atoms with Gasteiger partial charge in [0.2, 0.25) is 5.91 Å². The number of hydrogen-bond acceptors (Lipinski definition) is 6. The van der Waals surface area contributed by atoms with Gasteiger partial charge >= 0.3 is 0 Å². The molecule has 8 nitrogen and oxygen atoms in total. The number of carbonyl (C=O) groups excluding carboxylic acids is 1. The zero-order valence-corrected chi connectivity index (χ0v) is 19.0. The summed E-state index contributed by atoms with van der Waals surface area (Å²) >= 11 is 0. The summed E-state index contributed by atoms with van der Waals surface area (Å²) in [4.78, 5) is 23.2. The summed E-state index contributed by atoms with van der Waals surface area (Å²) in [5.41, 5.74) is 5.30. The Balaban J connectivity index is 1.53. The van der Waals surface area contributed by atoms with Gasteiger partial charge in [-0.25, -0.2) is 22.8 Å². The van der Waals surface area contributed by atoms with Crippen LogP contribution in [0, 0.1) is 5.82 Å². The second-order valence-corrected chi connectivity index (χ2v) is 11.0. The third kappa shape index (κ3) is 3.33. The van der Waals surface area contributed by atoms with E-state index in [1.165, 1.54) is 18.4 Å². The average molecular weight is 478 g/mol. The van der Waals surface area contributed by atoms with E-state index in [1.807, 2.05) is 27.5 Å². The molecule has 1 N–H and O–H groups in total. The topological polar surface area (TPSA) is 96.7 Å². The Kier molecular flexibility index (Phi) is 4.50. The van der Waals surface area contributed by atoms with Crippen molar-refractivity contribution in [2.75, 3.05) is 29.6 Å². The summed E-state index contributed by atoms with van der Waals surface area (Å²) < 4.78 is 39.4. The Morgan fingerprint density at radius 2 is 1.82 bits per heavy atom. The lowest BCUT2D eigenvalue weighted by Crippen LogP contribution is -2.55. The summed E-state index contributed by atoms with van der Waals surface area (Å²) in [7, 11) is -3.13. The zero-order valence-electron chi connectivity index (χ0n) is 18.2. The monoisotopic (exact) mass is 477 g/mol. The van der Waals surface area contributed by atoms with Crippen molar-refractivity contribution in [1.29, 1.82) is 0 Å². The van der Waals surface area contributed by atoms with Gasteiger partial charge in [0.05, 0.1) is 23.1 Å². The number of nitrogens with zero attached hydrogens (tertiary/aromatic N) is 4. The largest absolute Gasteiger partial charge is 0.351 e. The first-order chi connectivity index (χ1) is 16.3. The molecular weight excluding hydrogens is 457 g/mol. The van der Waals surface area contributed by atoms with Crippen LogP contribution in [0.5, 0.6) is 0 Å². The number of benzene rings is 2. The third-order valence-electron chi connectivity index (χ3n) is 6.40. The van der Waals surface area contributed by atoms with Gasteiger partial charge in [0, 0.05) is 48.6 Å². The van der Waals surface area contributed by atoms with Gasteiger partial charge < -0.3 is 10.2 Å². The van der Waals surface area contributed by atoms with Crippen LogP contribution in [0.25, 0.3) is 28.2 Å². The zero-order chi connectivity index (χ0) is 23.6. The third-order valence-corrected chi connectivity index (χ3v) is 7.91. The van der Waals surface area contributed by atoms with Gasteiger partial charge in [-0.3, -0.25) is 9.20 Å². The number of amides is 1. The molecule has 2 aliphatic heterocycles. The number of hydrogen-bond donors (Lipinski definition) is 1. The fourth-order valence-electron chi connectivity index (χ4n) is 4.53. The molecule has 2 aliphatic rings. The quantitative estimate of drug-likeness (QED) is 0.486. The minimum Gasteiger partial charge on any atom is -0.351 e. The van der Waals surface area contributed by atoms with Crippen LogP contribution in [-0.4, -0.2) is 53.3 Å². The van der Waals surface area contributed by atoms with Gasteiger partial charge in [0.1, 0.15) is 5.82 Å². The summed E-state index contributed by atoms with van der Waals surface area (Å²) in [6.07, 6.45) is 5.02. The van der Waals surface area contributed by atoms with Gasteiger partial charge in [-0.1, -0.05) is 6.07 Å². The number of sulfone groups is 1. The molecule has 4 aromatic rings. The Bertz CT molecular complexity index is 1570. The molecule has 0 radical (unpaired) electrons. The molecule has 0 bridgehead atoms. The lowest BCUT2D eigenvalue weighted by Gasteiger charge is -2.38. The Morgan fingerprint density at radius 1 is 1.09 bits per heavy atom. The standard InChI is InChI=1S/C24H20FN5O3S/c1-34(32,33)18-12-29(13-18)23-24-28-21(14-2-5-17(25)6-3-14)22(30(24)9-8-26-23)15-4-7-19-16(10-15)11-20(31)27-19/h2-10,18H,11-13H2,1H3,(H,27,31). The second kappa shape index (κ2) is 7.36. The molecule has 2 aromatic carbocycles. The fourth-order valence-corrected chi connectivity index (χ4v) is 5.43. The number of imidazole rings is 1. The molecule has 0 atom stereocenters. The molecule has 172 valence electrons. The van der Waals surface area contributed by atoms with Crippen LogP contribution in [0.1, 0.15) is 5.56 Å². The molecule has 2 aromatic heterocycles. The Labute approximate surface area is 195 Å². The van der Waals surface area contributed by atoms with Crippen LogP contribution >= 0.6 is 0 Å². The average Bonchev–Trinajstić information content (AvgIpc) is 3.31. The van der Waals surface area contributed by atoms with E-state index in [9.17, 15) is 17.6 Å². The SMILES string of the molecule is CS(=O)(=O)C1CN(c2nccn3c(-c4ccc5c(c4)CC(=O)N5)c(-c4ccc(F)cc4)nc23)C1. The van der Waals surface area contributed by atoms with Crippen molar-refractivity contribution in [2.24, 2.45) is 0 Å². The summed E-state index contributed by atoms with van der Waals surface area (Å²) in [5.74, 6) is 0.203. The summed E-state index contributed by atoms with van der Waals surface area (Å²) in [6, 6.07) is 11.9. The number of carbonyl (C=O) groups is 1. The lowest BCUT2D eigenvalue weighted by atomic mass is 10.0. The first-order valence-corrected chi connectivity index (χ1v) is 12.7. The number of fused-ring (bicyclic) bond motifs is 2. The highest BCUT2D eigenvalue weighted by Gasteiger charge is 2.37. The van der Waals surface area contributed by atoms with E-state index in [-0.39, 0.29) is 11.7 Å². The highest BCUT2D eigenvalue weighted by atomic mass is 32.2. The van der Waals surface area contributed by atoms with Crippen molar-refractivity contribution in [1.82, 2.24) is 14.4 Å². The Morgan fingerprint density at radius 3 is 2.56 bits per heavy atom. The van der Waals surface area contributed by atoms with Gasteiger partial charge in [0.15, 0.2) is 21.3 Å². The molecule has 0 aliphatic carbocycles. The van der Waals surface area contributed by atoms with Crippen molar-refractivity contribution < 1.29 is 17.6 Å². The molecule has 0 spiro atoms. The van der Waals surface area contributed by atoms with E-state index >= 15 is 0 Å². The highest BCUT2D eigenvalue weighted by Crippen LogP contribution is 2.38. The molecule has 1 amide bonds. The molecular formula is C24H20FN5O3S. The van der Waals surface area contributed by atoms with Crippen molar-refractivity contribution in [3.63, 3.8) is 0 Å². The summed E-state index contributed by atoms with van der Waals surface area (Å²) in [6.45, 7) is 0.707.